The maximum atomic E-state index is 13.0. The van der Waals surface area contributed by atoms with Crippen LogP contribution in [0.15, 0.2) is 91.0 Å². The summed E-state index contributed by atoms with van der Waals surface area (Å²) in [5.74, 6) is -1.64. The molecule has 3 aromatic carbocycles. The fraction of sp³-hybridized carbons (Fsp3) is 0.488. The van der Waals surface area contributed by atoms with Crippen molar-refractivity contribution >= 4 is 29.7 Å². The molecule has 0 bridgehead atoms. The number of thioether (sulfide) groups is 1. The molecule has 2 fully saturated rings. The zero-order valence-corrected chi connectivity index (χ0v) is 30.7. The van der Waals surface area contributed by atoms with Gasteiger partial charge in [0.2, 0.25) is 5.91 Å². The summed E-state index contributed by atoms with van der Waals surface area (Å²) >= 11 is 1.48. The van der Waals surface area contributed by atoms with Gasteiger partial charge in [0.15, 0.2) is 0 Å². The number of carbonyl (C=O) groups is 3. The van der Waals surface area contributed by atoms with Crippen molar-refractivity contribution in [3.63, 3.8) is 0 Å². The fourth-order valence-corrected chi connectivity index (χ4v) is 8.33. The van der Waals surface area contributed by atoms with Crippen LogP contribution in [0.3, 0.4) is 0 Å². The molecule has 0 radical (unpaired) electrons. The second kappa shape index (κ2) is 19.5. The number of carbonyl (C=O) groups excluding carboxylic acids is 2. The number of carboxylic acid groups (broad SMARTS) is 1. The molecule has 0 saturated heterocycles. The number of amides is 2. The highest BCUT2D eigenvalue weighted by Gasteiger charge is 2.39. The Hall–Kier alpha value is -3.82. The minimum absolute atomic E-state index is 0.142. The van der Waals surface area contributed by atoms with Crippen LogP contribution in [0.5, 0.6) is 0 Å². The zero-order valence-electron chi connectivity index (χ0n) is 29.9. The molecule has 4 N–H and O–H groups in total. The van der Waals surface area contributed by atoms with E-state index < -0.39 is 40.9 Å². The third-order valence-corrected chi connectivity index (χ3v) is 10.8. The second-order valence-corrected chi connectivity index (χ2v) is 15.5. The van der Waals surface area contributed by atoms with Gasteiger partial charge in [-0.05, 0) is 63.1 Å². The van der Waals surface area contributed by atoms with Gasteiger partial charge in [0, 0.05) is 17.8 Å². The van der Waals surface area contributed by atoms with Crippen LogP contribution in [0.25, 0.3) is 0 Å². The van der Waals surface area contributed by atoms with Crippen molar-refractivity contribution in [1.82, 2.24) is 16.0 Å². The molecule has 50 heavy (non-hydrogen) atoms. The first-order valence-corrected chi connectivity index (χ1v) is 19.1. The van der Waals surface area contributed by atoms with E-state index in [9.17, 15) is 14.4 Å². The molecule has 2 saturated carbocycles. The SMILES string of the molecule is C1CCC(NC2CCCCC2)CC1.CC(C)(C)OC(=O)NC(CSC(c1ccccc1)(c1ccccc1)c1ccccc1)C(=O)NCC(=O)O. The highest BCUT2D eigenvalue weighted by molar-refractivity contribution is 8.00. The van der Waals surface area contributed by atoms with E-state index >= 15 is 0 Å². The van der Waals surface area contributed by atoms with Crippen molar-refractivity contribution in [2.45, 2.75) is 113 Å². The molecule has 2 aliphatic carbocycles. The molecule has 0 aromatic heterocycles. The van der Waals surface area contributed by atoms with Crippen LogP contribution in [0.1, 0.15) is 102 Å². The van der Waals surface area contributed by atoms with E-state index in [4.69, 9.17) is 9.84 Å². The zero-order chi connectivity index (χ0) is 35.8. The van der Waals surface area contributed by atoms with Crippen molar-refractivity contribution < 1.29 is 24.2 Å². The smallest absolute Gasteiger partial charge is 0.408 e. The van der Waals surface area contributed by atoms with E-state index in [0.29, 0.717) is 0 Å². The molecule has 0 aliphatic heterocycles. The van der Waals surface area contributed by atoms with Crippen LogP contribution in [0.2, 0.25) is 0 Å². The predicted octanol–water partition coefficient (Wildman–Crippen LogP) is 8.05. The van der Waals surface area contributed by atoms with Crippen LogP contribution >= 0.6 is 11.8 Å². The lowest BCUT2D eigenvalue weighted by atomic mass is 9.84. The summed E-state index contributed by atoms with van der Waals surface area (Å²) in [6.07, 6.45) is 13.8. The largest absolute Gasteiger partial charge is 0.480 e. The Bertz CT molecular complexity index is 1340. The average Bonchev–Trinajstić information content (AvgIpc) is 3.12. The molecule has 0 spiro atoms. The Balaban J connectivity index is 0.000000358. The first-order chi connectivity index (χ1) is 24.1. The maximum absolute atomic E-state index is 13.0. The maximum Gasteiger partial charge on any atom is 0.408 e. The van der Waals surface area contributed by atoms with Crippen molar-refractivity contribution in [2.24, 2.45) is 0 Å². The van der Waals surface area contributed by atoms with E-state index in [0.717, 1.165) is 28.8 Å². The third kappa shape index (κ3) is 12.2. The average molecular weight is 702 g/mol. The second-order valence-electron chi connectivity index (χ2n) is 14.2. The number of rotatable bonds is 12. The molecule has 5 rings (SSSR count). The highest BCUT2D eigenvalue weighted by Crippen LogP contribution is 2.48. The van der Waals surface area contributed by atoms with E-state index in [2.05, 4.69) is 16.0 Å². The molecule has 270 valence electrons. The van der Waals surface area contributed by atoms with Crippen molar-refractivity contribution in [3.05, 3.63) is 108 Å². The van der Waals surface area contributed by atoms with Gasteiger partial charge in [-0.15, -0.1) is 11.8 Å². The number of nitrogens with one attached hydrogen (secondary N) is 3. The Labute approximate surface area is 302 Å². The number of ether oxygens (including phenoxy) is 1. The lowest BCUT2D eigenvalue weighted by molar-refractivity contribution is -0.138. The van der Waals surface area contributed by atoms with Gasteiger partial charge in [-0.3, -0.25) is 9.59 Å². The quantitative estimate of drug-likeness (QED) is 0.141. The fourth-order valence-electron chi connectivity index (χ4n) is 6.77. The lowest BCUT2D eigenvalue weighted by Crippen LogP contribution is -2.51. The summed E-state index contributed by atoms with van der Waals surface area (Å²) in [5, 5.41) is 17.9. The topological polar surface area (TPSA) is 117 Å². The number of carboxylic acids is 1. The van der Waals surface area contributed by atoms with Gasteiger partial charge in [0.05, 0.1) is 4.75 Å². The Morgan fingerprint density at radius 2 is 1.14 bits per heavy atom. The number of benzene rings is 3. The molecule has 0 heterocycles. The van der Waals surface area contributed by atoms with Crippen LogP contribution in [0.4, 0.5) is 4.79 Å². The molecule has 1 atom stereocenters. The molecule has 1 unspecified atom stereocenters. The molecular formula is C41H55N3O5S. The van der Waals surface area contributed by atoms with Crippen LogP contribution in [0, 0.1) is 0 Å². The van der Waals surface area contributed by atoms with Crippen molar-refractivity contribution in [3.8, 4) is 0 Å². The summed E-state index contributed by atoms with van der Waals surface area (Å²) < 4.78 is 4.66. The number of aliphatic carboxylic acids is 1. The Kier molecular flexibility index (Phi) is 15.2. The number of hydrogen-bond donors (Lipinski definition) is 4. The summed E-state index contributed by atoms with van der Waals surface area (Å²) in [6.45, 7) is 4.63. The van der Waals surface area contributed by atoms with Gasteiger partial charge < -0.3 is 25.8 Å². The van der Waals surface area contributed by atoms with Gasteiger partial charge in [-0.1, -0.05) is 130 Å². The molecule has 3 aromatic rings. The van der Waals surface area contributed by atoms with E-state index in [1.54, 1.807) is 20.8 Å². The number of alkyl carbamates (subject to hydrolysis) is 1. The normalized spacial score (nSPS) is 16.3. The first-order valence-electron chi connectivity index (χ1n) is 18.1. The van der Waals surface area contributed by atoms with E-state index in [1.165, 1.54) is 76.0 Å². The van der Waals surface area contributed by atoms with Gasteiger partial charge >= 0.3 is 12.1 Å². The Morgan fingerprint density at radius 3 is 1.52 bits per heavy atom. The van der Waals surface area contributed by atoms with Gasteiger partial charge in [-0.25, -0.2) is 4.79 Å². The lowest BCUT2D eigenvalue weighted by Gasteiger charge is -2.36. The van der Waals surface area contributed by atoms with Crippen LogP contribution in [-0.2, 0) is 19.1 Å². The van der Waals surface area contributed by atoms with Gasteiger partial charge in [0.25, 0.3) is 0 Å². The summed E-state index contributed by atoms with van der Waals surface area (Å²) in [7, 11) is 0. The predicted molar refractivity (Wildman–Crippen MR) is 202 cm³/mol. The molecular weight excluding hydrogens is 647 g/mol. The first kappa shape index (κ1) is 39.0. The molecule has 8 nitrogen and oxygen atoms in total. The van der Waals surface area contributed by atoms with Crippen LogP contribution in [-0.4, -0.2) is 59.1 Å². The number of hydrogen-bond acceptors (Lipinski definition) is 6. The molecule has 2 aliphatic rings. The van der Waals surface area contributed by atoms with Crippen molar-refractivity contribution in [2.75, 3.05) is 12.3 Å². The van der Waals surface area contributed by atoms with Crippen molar-refractivity contribution in [1.29, 1.82) is 0 Å². The summed E-state index contributed by atoms with van der Waals surface area (Å²) in [4.78, 5) is 36.7. The van der Waals surface area contributed by atoms with E-state index in [-0.39, 0.29) is 5.75 Å². The molecule has 9 heteroatoms. The minimum Gasteiger partial charge on any atom is -0.480 e. The van der Waals surface area contributed by atoms with Crippen LogP contribution < -0.4 is 16.0 Å². The highest BCUT2D eigenvalue weighted by atomic mass is 32.2. The summed E-state index contributed by atoms with van der Waals surface area (Å²) in [5.41, 5.74) is 2.24. The minimum atomic E-state index is -1.18. The van der Waals surface area contributed by atoms with Gasteiger partial charge in [-0.2, -0.15) is 0 Å². The van der Waals surface area contributed by atoms with Gasteiger partial charge in [0.1, 0.15) is 18.2 Å². The third-order valence-electron chi connectivity index (χ3n) is 9.11. The standard InChI is InChI=1S/C29H32N2O5S.C12H23N/c1-28(2,3)36-27(35)31-24(26(34)30-19-25(32)33)20-37-29(21-13-7-4-8-14-21,22-15-9-5-10-16-22)23-17-11-6-12-18-23;1-3-7-11(8-4-1)13-12-9-5-2-6-10-12/h4-18,24H,19-20H2,1-3H3,(H,30,34)(H,31,35)(H,32,33);11-13H,1-10H2. The van der Waals surface area contributed by atoms with E-state index in [1.807, 2.05) is 91.0 Å². The monoisotopic (exact) mass is 701 g/mol. The Morgan fingerprint density at radius 1 is 0.720 bits per heavy atom. The molecule has 2 amide bonds. The summed E-state index contributed by atoms with van der Waals surface area (Å²) in [6, 6.07) is 30.5.